The second kappa shape index (κ2) is 9.52. The molecule has 0 aliphatic carbocycles. The van der Waals surface area contributed by atoms with Crippen LogP contribution in [0.25, 0.3) is 11.4 Å². The monoisotopic (exact) mass is 491 g/mol. The van der Waals surface area contributed by atoms with Crippen molar-refractivity contribution in [3.05, 3.63) is 82.7 Å². The Hall–Kier alpha value is -3.29. The van der Waals surface area contributed by atoms with Crippen LogP contribution in [-0.4, -0.2) is 22.6 Å². The molecule has 34 heavy (non-hydrogen) atoms. The van der Waals surface area contributed by atoms with E-state index >= 15 is 0 Å². The number of ether oxygens (including phenoxy) is 1. The summed E-state index contributed by atoms with van der Waals surface area (Å²) in [6, 6.07) is 19.0. The lowest BCUT2D eigenvalue weighted by Crippen LogP contribution is -2.31. The van der Waals surface area contributed by atoms with Gasteiger partial charge in [-0.2, -0.15) is 4.98 Å². The number of carbonyl (C=O) groups excluding carboxylic acids is 1. The van der Waals surface area contributed by atoms with Crippen molar-refractivity contribution in [3.63, 3.8) is 0 Å². The molecule has 0 unspecified atom stereocenters. The fourth-order valence-corrected chi connectivity index (χ4v) is 5.20. The third-order valence-electron chi connectivity index (χ3n) is 5.49. The van der Waals surface area contributed by atoms with E-state index in [1.54, 1.807) is 17.8 Å². The third-order valence-corrected chi connectivity index (χ3v) is 6.85. The maximum absolute atomic E-state index is 13.2. The van der Waals surface area contributed by atoms with E-state index in [4.69, 9.17) is 20.9 Å². The highest BCUT2D eigenvalue weighted by Crippen LogP contribution is 2.42. The van der Waals surface area contributed by atoms with Gasteiger partial charge in [0.05, 0.1) is 11.3 Å². The number of fused-ring (bicyclic) bond motifs is 2. The van der Waals surface area contributed by atoms with Crippen LogP contribution in [0.4, 0.5) is 5.69 Å². The van der Waals surface area contributed by atoms with Crippen LogP contribution in [0.1, 0.15) is 35.2 Å². The van der Waals surface area contributed by atoms with Gasteiger partial charge in [0, 0.05) is 26.9 Å². The summed E-state index contributed by atoms with van der Waals surface area (Å²) in [5, 5.41) is 4.81. The summed E-state index contributed by atoms with van der Waals surface area (Å²) in [7, 11) is 0. The predicted molar refractivity (Wildman–Crippen MR) is 133 cm³/mol. The Kier molecular flexibility index (Phi) is 6.30. The highest BCUT2D eigenvalue weighted by atomic mass is 35.5. The number of aryl methyl sites for hydroxylation is 1. The van der Waals surface area contributed by atoms with E-state index < -0.39 is 0 Å². The summed E-state index contributed by atoms with van der Waals surface area (Å²) in [5.41, 5.74) is 3.35. The predicted octanol–water partition coefficient (Wildman–Crippen LogP) is 6.80. The summed E-state index contributed by atoms with van der Waals surface area (Å²) in [6.45, 7) is 4.80. The van der Waals surface area contributed by atoms with Gasteiger partial charge in [-0.25, -0.2) is 0 Å². The zero-order chi connectivity index (χ0) is 23.7. The van der Waals surface area contributed by atoms with Crippen molar-refractivity contribution in [3.8, 4) is 17.1 Å². The molecule has 3 aromatic carbocycles. The minimum Gasteiger partial charge on any atom is -0.483 e. The van der Waals surface area contributed by atoms with E-state index in [-0.39, 0.29) is 12.5 Å². The van der Waals surface area contributed by atoms with Gasteiger partial charge in [-0.1, -0.05) is 47.6 Å². The standard InChI is InChI=1S/C26H22ClN3O3S/c1-3-12-30-20-10-8-17(14-23(20)34-22-7-5-4-6-19(22)26(30)31)25-28-24(33-29-25)15-32-21-11-9-18(27)13-16(21)2/h4-11,13-14H,3,12,15H2,1-2H3. The van der Waals surface area contributed by atoms with Crippen LogP contribution >= 0.6 is 23.4 Å². The van der Waals surface area contributed by atoms with Gasteiger partial charge in [0.2, 0.25) is 5.82 Å². The fraction of sp³-hybridized carbons (Fsp3) is 0.192. The van der Waals surface area contributed by atoms with E-state index in [0.29, 0.717) is 29.0 Å². The van der Waals surface area contributed by atoms with Gasteiger partial charge in [-0.15, -0.1) is 0 Å². The largest absolute Gasteiger partial charge is 0.483 e. The molecule has 2 heterocycles. The van der Waals surface area contributed by atoms with Gasteiger partial charge in [0.15, 0.2) is 6.61 Å². The van der Waals surface area contributed by atoms with E-state index in [0.717, 1.165) is 38.6 Å². The normalized spacial score (nSPS) is 12.8. The number of halogens is 1. The minimum atomic E-state index is 0.0212. The van der Waals surface area contributed by atoms with Crippen LogP contribution in [0.3, 0.4) is 0 Å². The Labute approximate surface area is 206 Å². The van der Waals surface area contributed by atoms with Crippen LogP contribution in [0.15, 0.2) is 75.0 Å². The highest BCUT2D eigenvalue weighted by molar-refractivity contribution is 7.99. The van der Waals surface area contributed by atoms with Crippen LogP contribution in [0.5, 0.6) is 5.75 Å². The Morgan fingerprint density at radius 2 is 1.94 bits per heavy atom. The number of amides is 1. The van der Waals surface area contributed by atoms with Crippen molar-refractivity contribution in [1.82, 2.24) is 10.1 Å². The first-order valence-corrected chi connectivity index (χ1v) is 12.2. The number of aromatic nitrogens is 2. The summed E-state index contributed by atoms with van der Waals surface area (Å²) < 4.78 is 11.2. The summed E-state index contributed by atoms with van der Waals surface area (Å²) in [6.07, 6.45) is 0.862. The molecule has 172 valence electrons. The van der Waals surface area contributed by atoms with Crippen LogP contribution in [-0.2, 0) is 6.61 Å². The second-order valence-electron chi connectivity index (χ2n) is 7.95. The lowest BCUT2D eigenvalue weighted by molar-refractivity contribution is 0.0984. The molecular weight excluding hydrogens is 470 g/mol. The molecule has 5 rings (SSSR count). The molecule has 0 atom stereocenters. The molecule has 0 bridgehead atoms. The molecule has 0 fully saturated rings. The number of nitrogens with zero attached hydrogens (tertiary/aromatic N) is 3. The molecule has 0 saturated carbocycles. The molecule has 1 amide bonds. The number of anilines is 1. The second-order valence-corrected chi connectivity index (χ2v) is 9.47. The quantitative estimate of drug-likeness (QED) is 0.295. The average Bonchev–Trinajstić information content (AvgIpc) is 3.27. The van der Waals surface area contributed by atoms with E-state index in [2.05, 4.69) is 17.1 Å². The lowest BCUT2D eigenvalue weighted by Gasteiger charge is -2.22. The molecule has 8 heteroatoms. The van der Waals surface area contributed by atoms with Crippen molar-refractivity contribution in [1.29, 1.82) is 0 Å². The van der Waals surface area contributed by atoms with Crippen LogP contribution in [0.2, 0.25) is 5.02 Å². The number of benzene rings is 3. The summed E-state index contributed by atoms with van der Waals surface area (Å²) >= 11 is 7.59. The number of rotatable bonds is 6. The van der Waals surface area contributed by atoms with Crippen molar-refractivity contribution >= 4 is 35.0 Å². The fourth-order valence-electron chi connectivity index (χ4n) is 3.85. The Morgan fingerprint density at radius 3 is 2.76 bits per heavy atom. The first kappa shape index (κ1) is 22.5. The highest BCUT2D eigenvalue weighted by Gasteiger charge is 2.27. The molecule has 0 radical (unpaired) electrons. The molecule has 6 nitrogen and oxygen atoms in total. The molecule has 1 aromatic heterocycles. The van der Waals surface area contributed by atoms with Gasteiger partial charge in [-0.05, 0) is 67.4 Å². The van der Waals surface area contributed by atoms with E-state index in [9.17, 15) is 4.79 Å². The topological polar surface area (TPSA) is 68.5 Å². The first-order valence-electron chi connectivity index (χ1n) is 11.0. The number of hydrogen-bond donors (Lipinski definition) is 0. The molecule has 0 saturated heterocycles. The molecule has 0 N–H and O–H groups in total. The van der Waals surface area contributed by atoms with E-state index in [1.165, 1.54) is 0 Å². The molecule has 1 aliphatic heterocycles. The zero-order valence-corrected chi connectivity index (χ0v) is 20.3. The maximum atomic E-state index is 13.2. The van der Waals surface area contributed by atoms with E-state index in [1.807, 2.05) is 66.4 Å². The zero-order valence-electron chi connectivity index (χ0n) is 18.7. The van der Waals surface area contributed by atoms with Crippen molar-refractivity contribution in [2.75, 3.05) is 11.4 Å². The Balaban J connectivity index is 1.42. The Bertz CT molecular complexity index is 1370. The molecule has 0 spiro atoms. The van der Waals surface area contributed by atoms with Crippen molar-refractivity contribution in [2.24, 2.45) is 0 Å². The third kappa shape index (κ3) is 4.41. The van der Waals surface area contributed by atoms with Gasteiger partial charge >= 0.3 is 0 Å². The van der Waals surface area contributed by atoms with Crippen molar-refractivity contribution in [2.45, 2.75) is 36.7 Å². The van der Waals surface area contributed by atoms with Gasteiger partial charge < -0.3 is 14.2 Å². The summed E-state index contributed by atoms with van der Waals surface area (Å²) in [5.74, 6) is 1.58. The first-order chi connectivity index (χ1) is 16.5. The molecule has 4 aromatic rings. The smallest absolute Gasteiger partial charge is 0.264 e. The number of hydrogen-bond acceptors (Lipinski definition) is 6. The van der Waals surface area contributed by atoms with Crippen LogP contribution < -0.4 is 9.64 Å². The van der Waals surface area contributed by atoms with Gasteiger partial charge in [0.1, 0.15) is 5.75 Å². The number of carbonyl (C=O) groups is 1. The lowest BCUT2D eigenvalue weighted by atomic mass is 10.1. The average molecular weight is 492 g/mol. The summed E-state index contributed by atoms with van der Waals surface area (Å²) in [4.78, 5) is 21.5. The van der Waals surface area contributed by atoms with Gasteiger partial charge in [-0.3, -0.25) is 4.79 Å². The SMILES string of the molecule is CCCN1C(=O)c2ccccc2Sc2cc(-c3noc(COc4ccc(Cl)cc4C)n3)ccc21. The maximum Gasteiger partial charge on any atom is 0.264 e. The van der Waals surface area contributed by atoms with Gasteiger partial charge in [0.25, 0.3) is 11.8 Å². The van der Waals surface area contributed by atoms with Crippen molar-refractivity contribution < 1.29 is 14.1 Å². The molecule has 1 aliphatic rings. The Morgan fingerprint density at radius 1 is 1.09 bits per heavy atom. The minimum absolute atomic E-state index is 0.0212. The van der Waals surface area contributed by atoms with Crippen LogP contribution in [0, 0.1) is 6.92 Å². The molecular formula is C26H22ClN3O3S.